The van der Waals surface area contributed by atoms with Crippen LogP contribution in [0.2, 0.25) is 5.02 Å². The molecule has 0 fully saturated rings. The third kappa shape index (κ3) is 5.75. The van der Waals surface area contributed by atoms with Crippen LogP contribution in [-0.4, -0.2) is 34.9 Å². The minimum atomic E-state index is -0.103. The highest BCUT2D eigenvalue weighted by Crippen LogP contribution is 2.32. The van der Waals surface area contributed by atoms with Crippen LogP contribution in [0.4, 0.5) is 0 Å². The van der Waals surface area contributed by atoms with E-state index in [0.29, 0.717) is 17.3 Å². The highest BCUT2D eigenvalue weighted by atomic mass is 35.5. The lowest BCUT2D eigenvalue weighted by molar-refractivity contribution is -0.124. The van der Waals surface area contributed by atoms with Gasteiger partial charge in [-0.25, -0.2) is 4.98 Å². The number of fused-ring (bicyclic) bond motifs is 1. The number of hydrogen-bond donors (Lipinski definition) is 1. The number of ether oxygens (including phenoxy) is 1. The van der Waals surface area contributed by atoms with Gasteiger partial charge in [0.05, 0.1) is 5.02 Å². The number of nitrogens with one attached hydrogen (secondary N) is 1. The van der Waals surface area contributed by atoms with Crippen LogP contribution in [0.3, 0.4) is 0 Å². The maximum Gasteiger partial charge on any atom is 0.222 e. The molecule has 34 heavy (non-hydrogen) atoms. The summed E-state index contributed by atoms with van der Waals surface area (Å²) in [7, 11) is 4.00. The van der Waals surface area contributed by atoms with Crippen molar-refractivity contribution in [3.05, 3.63) is 82.8 Å². The van der Waals surface area contributed by atoms with Crippen LogP contribution < -0.4 is 10.1 Å². The van der Waals surface area contributed by atoms with Gasteiger partial charge in [0.2, 0.25) is 5.91 Å². The monoisotopic (exact) mass is 478 g/mol. The minimum Gasteiger partial charge on any atom is -0.487 e. The molecule has 7 heteroatoms. The van der Waals surface area contributed by atoms with Crippen LogP contribution >= 0.6 is 11.6 Å². The maximum absolute atomic E-state index is 12.0. The van der Waals surface area contributed by atoms with Gasteiger partial charge in [0.1, 0.15) is 17.9 Å². The van der Waals surface area contributed by atoms with E-state index in [1.807, 2.05) is 59.1 Å². The molecular weight excluding hydrogens is 448 g/mol. The van der Waals surface area contributed by atoms with Crippen LogP contribution in [0, 0.1) is 12.8 Å². The third-order valence-electron chi connectivity index (χ3n) is 5.41. The second kappa shape index (κ2) is 11.2. The molecule has 0 aliphatic heterocycles. The molecule has 1 N–H and O–H groups in total. The fraction of sp³-hybridized carbons (Fsp3) is 0.296. The van der Waals surface area contributed by atoms with E-state index < -0.39 is 0 Å². The van der Waals surface area contributed by atoms with Gasteiger partial charge in [-0.2, -0.15) is 0 Å². The van der Waals surface area contributed by atoms with E-state index >= 15 is 0 Å². The standard InChI is InChI=1S/C27H31ClN4O2/c1-7-9-24(32(5)6)21-12-18(4)31-26-20(21)10-8-11-25(26)34-16-22-19(13-29-15-23(22)28)14-30-27(33)17(2)3/h7-13,15,17H,1,14,16H2,2-6H3,(H,30,33)/b24-9-. The fourth-order valence-electron chi connectivity index (χ4n) is 3.62. The number of benzene rings is 1. The maximum atomic E-state index is 12.0. The average molecular weight is 479 g/mol. The number of amides is 1. The van der Waals surface area contributed by atoms with Gasteiger partial charge in [0, 0.05) is 66.9 Å². The zero-order valence-electron chi connectivity index (χ0n) is 20.4. The molecule has 3 rings (SSSR count). The first-order valence-corrected chi connectivity index (χ1v) is 11.5. The second-order valence-corrected chi connectivity index (χ2v) is 8.97. The summed E-state index contributed by atoms with van der Waals surface area (Å²) >= 11 is 6.46. The molecule has 0 unspecified atom stereocenters. The minimum absolute atomic E-state index is 0.0302. The molecule has 2 heterocycles. The molecule has 1 aromatic carbocycles. The van der Waals surface area contributed by atoms with Gasteiger partial charge in [-0.05, 0) is 30.7 Å². The van der Waals surface area contributed by atoms with Gasteiger partial charge < -0.3 is 15.0 Å². The Morgan fingerprint density at radius 3 is 2.74 bits per heavy atom. The van der Waals surface area contributed by atoms with Gasteiger partial charge in [-0.3, -0.25) is 9.78 Å². The van der Waals surface area contributed by atoms with E-state index in [4.69, 9.17) is 21.3 Å². The molecule has 178 valence electrons. The lowest BCUT2D eigenvalue weighted by Gasteiger charge is -2.20. The van der Waals surface area contributed by atoms with E-state index in [1.165, 1.54) is 0 Å². The lowest BCUT2D eigenvalue weighted by atomic mass is 10.0. The molecule has 0 spiro atoms. The Morgan fingerprint density at radius 2 is 2.06 bits per heavy atom. The van der Waals surface area contributed by atoms with Crippen LogP contribution in [-0.2, 0) is 17.9 Å². The molecule has 0 radical (unpaired) electrons. The number of rotatable bonds is 9. The fourth-order valence-corrected chi connectivity index (χ4v) is 3.85. The summed E-state index contributed by atoms with van der Waals surface area (Å²) < 4.78 is 6.25. The van der Waals surface area contributed by atoms with Crippen molar-refractivity contribution in [3.63, 3.8) is 0 Å². The number of carbonyl (C=O) groups excluding carboxylic acids is 1. The second-order valence-electron chi connectivity index (χ2n) is 8.57. The topological polar surface area (TPSA) is 67.4 Å². The molecule has 0 bridgehead atoms. The summed E-state index contributed by atoms with van der Waals surface area (Å²) in [4.78, 5) is 23.0. The van der Waals surface area contributed by atoms with Gasteiger partial charge in [0.15, 0.2) is 0 Å². The zero-order valence-corrected chi connectivity index (χ0v) is 21.1. The van der Waals surface area contributed by atoms with Gasteiger partial charge in [0.25, 0.3) is 0 Å². The summed E-state index contributed by atoms with van der Waals surface area (Å²) in [5, 5.41) is 4.39. The SMILES string of the molecule is C=C/C=C(/c1cc(C)nc2c(OCc3c(Cl)cncc3CNC(=O)C(C)C)cccc12)N(C)C. The van der Waals surface area contributed by atoms with Crippen LogP contribution in [0.1, 0.15) is 36.2 Å². The normalized spacial score (nSPS) is 11.6. The quantitative estimate of drug-likeness (QED) is 0.409. The summed E-state index contributed by atoms with van der Waals surface area (Å²) in [5.74, 6) is 0.523. The molecule has 6 nitrogen and oxygen atoms in total. The molecule has 0 saturated heterocycles. The highest BCUT2D eigenvalue weighted by Gasteiger charge is 2.16. The molecule has 0 saturated carbocycles. The number of halogens is 1. The third-order valence-corrected chi connectivity index (χ3v) is 5.73. The van der Waals surface area contributed by atoms with Crippen molar-refractivity contribution in [2.45, 2.75) is 33.9 Å². The zero-order chi connectivity index (χ0) is 24.8. The van der Waals surface area contributed by atoms with Gasteiger partial charge in [-0.1, -0.05) is 50.2 Å². The first-order valence-electron chi connectivity index (χ1n) is 11.2. The predicted molar refractivity (Wildman–Crippen MR) is 139 cm³/mol. The molecule has 0 aliphatic carbocycles. The number of nitrogens with zero attached hydrogens (tertiary/aromatic N) is 3. The molecule has 1 amide bonds. The number of allylic oxidation sites excluding steroid dienone is 2. The van der Waals surface area contributed by atoms with E-state index in [-0.39, 0.29) is 18.4 Å². The lowest BCUT2D eigenvalue weighted by Crippen LogP contribution is -2.27. The Morgan fingerprint density at radius 1 is 1.29 bits per heavy atom. The first kappa shape index (κ1) is 25.2. The van der Waals surface area contributed by atoms with Crippen molar-refractivity contribution >= 4 is 34.1 Å². The smallest absolute Gasteiger partial charge is 0.222 e. The number of para-hydroxylation sites is 1. The van der Waals surface area contributed by atoms with Gasteiger partial charge >= 0.3 is 0 Å². The van der Waals surface area contributed by atoms with Crippen molar-refractivity contribution < 1.29 is 9.53 Å². The Bertz CT molecular complexity index is 1230. The highest BCUT2D eigenvalue weighted by molar-refractivity contribution is 6.31. The first-order chi connectivity index (χ1) is 16.2. The van der Waals surface area contributed by atoms with Crippen molar-refractivity contribution in [2.75, 3.05) is 14.1 Å². The summed E-state index contributed by atoms with van der Waals surface area (Å²) in [6.07, 6.45) is 7.05. The van der Waals surface area contributed by atoms with E-state index in [0.717, 1.165) is 39.0 Å². The van der Waals surface area contributed by atoms with Crippen molar-refractivity contribution in [3.8, 4) is 5.75 Å². The number of carbonyl (C=O) groups is 1. The number of aromatic nitrogens is 2. The Hall–Kier alpha value is -3.38. The largest absolute Gasteiger partial charge is 0.487 e. The summed E-state index contributed by atoms with van der Waals surface area (Å²) in [5.41, 5.74) is 5.34. The number of hydrogen-bond acceptors (Lipinski definition) is 5. The van der Waals surface area contributed by atoms with Gasteiger partial charge in [-0.15, -0.1) is 0 Å². The molecule has 3 aromatic rings. The average Bonchev–Trinajstić information content (AvgIpc) is 2.79. The molecule has 0 aliphatic rings. The van der Waals surface area contributed by atoms with Crippen LogP contribution in [0.5, 0.6) is 5.75 Å². The Balaban J connectivity index is 1.96. The molecule has 2 aromatic heterocycles. The van der Waals surface area contributed by atoms with Crippen molar-refractivity contribution in [1.29, 1.82) is 0 Å². The summed E-state index contributed by atoms with van der Waals surface area (Å²) in [6.45, 7) is 10.1. The summed E-state index contributed by atoms with van der Waals surface area (Å²) in [6, 6.07) is 7.96. The van der Waals surface area contributed by atoms with E-state index in [1.54, 1.807) is 18.5 Å². The predicted octanol–water partition coefficient (Wildman–Crippen LogP) is 5.53. The van der Waals surface area contributed by atoms with Crippen molar-refractivity contribution in [1.82, 2.24) is 20.2 Å². The number of aryl methyl sites for hydroxylation is 1. The Kier molecular flexibility index (Phi) is 8.29. The van der Waals surface area contributed by atoms with Crippen LogP contribution in [0.15, 0.2) is 55.4 Å². The van der Waals surface area contributed by atoms with Crippen molar-refractivity contribution in [2.24, 2.45) is 5.92 Å². The van der Waals surface area contributed by atoms with E-state index in [2.05, 4.69) is 27.8 Å². The van der Waals surface area contributed by atoms with E-state index in [9.17, 15) is 4.79 Å². The molecular formula is C27H31ClN4O2. The number of pyridine rings is 2. The Labute approximate surface area is 206 Å². The molecule has 0 atom stereocenters. The van der Waals surface area contributed by atoms with Crippen LogP contribution in [0.25, 0.3) is 16.6 Å².